The van der Waals surface area contributed by atoms with Crippen molar-refractivity contribution in [3.63, 3.8) is 0 Å². The van der Waals surface area contributed by atoms with Gasteiger partial charge in [0.15, 0.2) is 0 Å². The van der Waals surface area contributed by atoms with Gasteiger partial charge >= 0.3 is 0 Å². The average Bonchev–Trinajstić information content (AvgIpc) is 3.41. The van der Waals surface area contributed by atoms with Crippen molar-refractivity contribution in [1.82, 2.24) is 0 Å². The molecule has 0 N–H and O–H groups in total. The summed E-state index contributed by atoms with van der Waals surface area (Å²) in [4.78, 5) is 5.09. The predicted molar refractivity (Wildman–Crippen MR) is 297 cm³/mol. The van der Waals surface area contributed by atoms with Gasteiger partial charge < -0.3 is 9.80 Å². The second-order valence-corrected chi connectivity index (χ2v) is 20.3. The van der Waals surface area contributed by atoms with Crippen LogP contribution < -0.4 is 9.80 Å². The van der Waals surface area contributed by atoms with Crippen molar-refractivity contribution >= 4 is 50.0 Å². The molecule has 0 atom stereocenters. The number of hydrogen-bond donors (Lipinski definition) is 0. The van der Waals surface area contributed by atoms with Crippen molar-refractivity contribution in [3.05, 3.63) is 259 Å². The fourth-order valence-corrected chi connectivity index (χ4v) is 12.4. The van der Waals surface area contributed by atoms with Crippen molar-refractivity contribution in [1.29, 1.82) is 0 Å². The Labute approximate surface area is 412 Å². The molecule has 2 heterocycles. The van der Waals surface area contributed by atoms with Gasteiger partial charge in [-0.1, -0.05) is 216 Å². The zero-order valence-electron chi connectivity index (χ0n) is 40.2. The first kappa shape index (κ1) is 41.9. The van der Waals surface area contributed by atoms with Crippen LogP contribution in [0.25, 0.3) is 66.1 Å². The van der Waals surface area contributed by atoms with Gasteiger partial charge in [0.05, 0.1) is 11.4 Å². The number of anilines is 5. The number of para-hydroxylation sites is 3. The first-order valence-corrected chi connectivity index (χ1v) is 24.9. The standard InChI is InChI=1S/C68H54N2/c1-67(2)57-31-15-19-35-61(57)69(62-36-20-16-32-58(62)67)47-39-41-53-55(43-47)65(51-29-13-11-27-49(51)45-23-7-5-8-24-45)54-42-40-48(44-56(54)66(53)52-30-14-12-28-50(52)46-25-9-6-10-26-46)70-63-37-21-17-33-59(63)68(3,4)60-34-18-22-38-64(60)70/h5-21,23-37,39-44H,22,38H2,1-4H3. The Morgan fingerprint density at radius 3 is 1.26 bits per heavy atom. The van der Waals surface area contributed by atoms with Crippen molar-refractivity contribution in [2.75, 3.05) is 9.80 Å². The second-order valence-electron chi connectivity index (χ2n) is 20.3. The van der Waals surface area contributed by atoms with Crippen LogP contribution in [0, 0.1) is 0 Å². The van der Waals surface area contributed by atoms with E-state index < -0.39 is 0 Å². The lowest BCUT2D eigenvalue weighted by Gasteiger charge is -2.44. The van der Waals surface area contributed by atoms with Gasteiger partial charge in [0.1, 0.15) is 0 Å². The van der Waals surface area contributed by atoms with E-state index in [0.717, 1.165) is 18.5 Å². The van der Waals surface area contributed by atoms with Crippen LogP contribution in [-0.4, -0.2) is 0 Å². The molecule has 0 fully saturated rings. The highest BCUT2D eigenvalue weighted by atomic mass is 15.2. The summed E-state index contributed by atoms with van der Waals surface area (Å²) in [7, 11) is 0. The number of hydrogen-bond acceptors (Lipinski definition) is 2. The normalized spacial score (nSPS) is 15.4. The highest BCUT2D eigenvalue weighted by Gasteiger charge is 2.39. The molecule has 0 unspecified atom stereocenters. The van der Waals surface area contributed by atoms with Crippen molar-refractivity contribution in [3.8, 4) is 44.5 Å². The molecule has 0 aromatic heterocycles. The minimum atomic E-state index is -0.169. The monoisotopic (exact) mass is 898 g/mol. The third kappa shape index (κ3) is 6.40. The van der Waals surface area contributed by atoms with Crippen molar-refractivity contribution in [2.24, 2.45) is 0 Å². The summed E-state index contributed by atoms with van der Waals surface area (Å²) >= 11 is 0. The van der Waals surface area contributed by atoms with Crippen LogP contribution in [0.3, 0.4) is 0 Å². The Morgan fingerprint density at radius 2 is 0.757 bits per heavy atom. The van der Waals surface area contributed by atoms with Gasteiger partial charge in [-0.2, -0.15) is 0 Å². The van der Waals surface area contributed by atoms with E-state index in [-0.39, 0.29) is 10.8 Å². The topological polar surface area (TPSA) is 6.48 Å². The highest BCUT2D eigenvalue weighted by molar-refractivity contribution is 6.24. The van der Waals surface area contributed by atoms with Crippen molar-refractivity contribution in [2.45, 2.75) is 51.4 Å². The van der Waals surface area contributed by atoms with E-state index in [2.05, 4.69) is 268 Å². The molecule has 0 radical (unpaired) electrons. The number of rotatable bonds is 6. The summed E-state index contributed by atoms with van der Waals surface area (Å²) in [6, 6.07) is 81.7. The van der Waals surface area contributed by atoms with E-state index in [4.69, 9.17) is 0 Å². The van der Waals surface area contributed by atoms with E-state index >= 15 is 0 Å². The molecule has 2 heteroatoms. The van der Waals surface area contributed by atoms with Gasteiger partial charge in [-0.05, 0) is 144 Å². The fourth-order valence-electron chi connectivity index (χ4n) is 12.4. The van der Waals surface area contributed by atoms with Gasteiger partial charge in [-0.3, -0.25) is 0 Å². The zero-order chi connectivity index (χ0) is 47.1. The largest absolute Gasteiger partial charge is 0.314 e. The lowest BCUT2D eigenvalue weighted by atomic mass is 9.71. The molecule has 2 aliphatic heterocycles. The Balaban J connectivity index is 1.18. The third-order valence-corrected chi connectivity index (χ3v) is 15.7. The number of benzene rings is 10. The Morgan fingerprint density at radius 1 is 0.357 bits per heavy atom. The smallest absolute Gasteiger partial charge is 0.0502 e. The lowest BCUT2D eigenvalue weighted by molar-refractivity contribution is 0.603. The first-order valence-electron chi connectivity index (χ1n) is 24.9. The number of nitrogens with zero attached hydrogens (tertiary/aromatic N) is 2. The van der Waals surface area contributed by atoms with E-state index in [1.807, 2.05) is 0 Å². The van der Waals surface area contributed by atoms with Crippen LogP contribution in [0.1, 0.15) is 57.2 Å². The summed E-state index contributed by atoms with van der Waals surface area (Å²) < 4.78 is 0. The molecular formula is C68H54N2. The molecule has 336 valence electrons. The minimum absolute atomic E-state index is 0.122. The summed E-state index contributed by atoms with van der Waals surface area (Å²) in [6.45, 7) is 9.52. The zero-order valence-corrected chi connectivity index (χ0v) is 40.2. The second kappa shape index (κ2) is 16.2. The molecular weight excluding hydrogens is 845 g/mol. The number of fused-ring (bicyclic) bond motifs is 5. The first-order chi connectivity index (χ1) is 34.3. The Kier molecular flexibility index (Phi) is 9.72. The lowest BCUT2D eigenvalue weighted by Crippen LogP contribution is -2.34. The van der Waals surface area contributed by atoms with Gasteiger partial charge in [0.25, 0.3) is 0 Å². The molecule has 3 aliphatic rings. The van der Waals surface area contributed by atoms with Gasteiger partial charge in [0, 0.05) is 33.6 Å². The van der Waals surface area contributed by atoms with Gasteiger partial charge in [-0.15, -0.1) is 0 Å². The van der Waals surface area contributed by atoms with Crippen LogP contribution in [0.2, 0.25) is 0 Å². The summed E-state index contributed by atoms with van der Waals surface area (Å²) in [6.07, 6.45) is 6.77. The van der Waals surface area contributed by atoms with Crippen molar-refractivity contribution < 1.29 is 0 Å². The molecule has 0 saturated heterocycles. The molecule has 70 heavy (non-hydrogen) atoms. The predicted octanol–water partition coefficient (Wildman–Crippen LogP) is 18.8. The van der Waals surface area contributed by atoms with E-state index in [9.17, 15) is 0 Å². The quantitative estimate of drug-likeness (QED) is 0.153. The molecule has 13 rings (SSSR count). The van der Waals surface area contributed by atoms with Crippen LogP contribution >= 0.6 is 0 Å². The summed E-state index contributed by atoms with van der Waals surface area (Å²) in [5.74, 6) is 0. The van der Waals surface area contributed by atoms with Crippen LogP contribution in [-0.2, 0) is 10.8 Å². The summed E-state index contributed by atoms with van der Waals surface area (Å²) in [5, 5.41) is 4.88. The highest BCUT2D eigenvalue weighted by Crippen LogP contribution is 2.56. The van der Waals surface area contributed by atoms with Crippen LogP contribution in [0.4, 0.5) is 28.4 Å². The maximum atomic E-state index is 2.59. The molecule has 0 amide bonds. The SMILES string of the molecule is CC1(C)C2=C(CCC=C2)N(c2ccc3c(-c4ccccc4-c4ccccc4)c4cc(N5c6ccccc6C(C)(C)c6ccccc65)ccc4c(-c4ccccc4-c4ccccc4)c3c2)c2ccccc21. The Bertz CT molecular complexity index is 3730. The summed E-state index contributed by atoms with van der Waals surface area (Å²) in [5.41, 5.74) is 22.2. The minimum Gasteiger partial charge on any atom is -0.314 e. The van der Waals surface area contributed by atoms with Crippen LogP contribution in [0.15, 0.2) is 242 Å². The number of allylic oxidation sites excluding steroid dienone is 4. The third-order valence-electron chi connectivity index (χ3n) is 15.7. The molecule has 0 bridgehead atoms. The molecule has 0 saturated carbocycles. The maximum absolute atomic E-state index is 2.59. The molecule has 10 aromatic rings. The van der Waals surface area contributed by atoms with Gasteiger partial charge in [0.2, 0.25) is 0 Å². The molecule has 0 spiro atoms. The van der Waals surface area contributed by atoms with E-state index in [1.54, 1.807) is 0 Å². The molecule has 1 aliphatic carbocycles. The van der Waals surface area contributed by atoms with E-state index in [0.29, 0.717) is 0 Å². The van der Waals surface area contributed by atoms with Crippen LogP contribution in [0.5, 0.6) is 0 Å². The molecule has 10 aromatic carbocycles. The average molecular weight is 899 g/mol. The maximum Gasteiger partial charge on any atom is 0.0502 e. The fraction of sp³-hybridized carbons (Fsp3) is 0.118. The van der Waals surface area contributed by atoms with E-state index in [1.165, 1.54) is 117 Å². The Hall–Kier alpha value is -8.20. The molecule has 2 nitrogen and oxygen atoms in total. The van der Waals surface area contributed by atoms with Gasteiger partial charge in [-0.25, -0.2) is 0 Å².